The number of sulfonamides is 1. The molecule has 0 saturated heterocycles. The average molecular weight is 271 g/mol. The van der Waals surface area contributed by atoms with E-state index in [1.807, 2.05) is 36.2 Å². The first-order valence-electron chi connectivity index (χ1n) is 5.87. The van der Waals surface area contributed by atoms with Crippen LogP contribution in [0.3, 0.4) is 0 Å². The Morgan fingerprint density at radius 2 is 1.89 bits per heavy atom. The molecule has 0 aromatic heterocycles. The second-order valence-corrected chi connectivity index (χ2v) is 6.13. The van der Waals surface area contributed by atoms with Crippen LogP contribution in [0.2, 0.25) is 0 Å². The Morgan fingerprint density at radius 3 is 2.39 bits per heavy atom. The number of likely N-dealkylation sites (N-methyl/N-ethyl adjacent to an activating group) is 1. The zero-order chi connectivity index (χ0) is 13.6. The molecule has 0 aliphatic heterocycles. The number of anilines is 1. The Kier molecular flexibility index (Phi) is 5.58. The monoisotopic (exact) mass is 271 g/mol. The lowest BCUT2D eigenvalue weighted by molar-refractivity contribution is 0.588. The van der Waals surface area contributed by atoms with E-state index in [9.17, 15) is 8.42 Å². The molecule has 0 fully saturated rings. The SMILES string of the molecule is CN(CCNS(C)(=O)=O)c1ccc(CCN)cc1. The van der Waals surface area contributed by atoms with E-state index in [0.29, 0.717) is 19.6 Å². The second-order valence-electron chi connectivity index (χ2n) is 4.29. The number of nitrogens with zero attached hydrogens (tertiary/aromatic N) is 1. The van der Waals surface area contributed by atoms with Gasteiger partial charge in [0, 0.05) is 25.8 Å². The summed E-state index contributed by atoms with van der Waals surface area (Å²) in [6.07, 6.45) is 2.04. The number of hydrogen-bond acceptors (Lipinski definition) is 4. The predicted octanol–water partition coefficient (Wildman–Crippen LogP) is 0.173. The molecule has 0 unspecified atom stereocenters. The van der Waals surface area contributed by atoms with Gasteiger partial charge in [-0.2, -0.15) is 0 Å². The molecule has 0 aliphatic carbocycles. The molecule has 0 saturated carbocycles. The van der Waals surface area contributed by atoms with Gasteiger partial charge in [-0.3, -0.25) is 0 Å². The van der Waals surface area contributed by atoms with Crippen molar-refractivity contribution in [3.8, 4) is 0 Å². The Morgan fingerprint density at radius 1 is 1.28 bits per heavy atom. The van der Waals surface area contributed by atoms with Crippen LogP contribution in [0.25, 0.3) is 0 Å². The largest absolute Gasteiger partial charge is 0.373 e. The summed E-state index contributed by atoms with van der Waals surface area (Å²) in [5, 5.41) is 0. The van der Waals surface area contributed by atoms with Gasteiger partial charge < -0.3 is 10.6 Å². The molecule has 3 N–H and O–H groups in total. The van der Waals surface area contributed by atoms with Crippen molar-refractivity contribution < 1.29 is 8.42 Å². The van der Waals surface area contributed by atoms with E-state index in [4.69, 9.17) is 5.73 Å². The van der Waals surface area contributed by atoms with Crippen LogP contribution in [0, 0.1) is 0 Å². The third-order valence-corrected chi connectivity index (χ3v) is 3.35. The molecule has 6 heteroatoms. The zero-order valence-electron chi connectivity index (χ0n) is 10.9. The van der Waals surface area contributed by atoms with E-state index < -0.39 is 10.0 Å². The van der Waals surface area contributed by atoms with Crippen molar-refractivity contribution in [2.24, 2.45) is 5.73 Å². The minimum Gasteiger partial charge on any atom is -0.373 e. The highest BCUT2D eigenvalue weighted by atomic mass is 32.2. The van der Waals surface area contributed by atoms with Crippen molar-refractivity contribution in [3.05, 3.63) is 29.8 Å². The van der Waals surface area contributed by atoms with E-state index in [1.165, 1.54) is 5.56 Å². The Labute approximate surface area is 109 Å². The fourth-order valence-corrected chi connectivity index (χ4v) is 2.07. The predicted molar refractivity (Wildman–Crippen MR) is 75.3 cm³/mol. The molecule has 18 heavy (non-hydrogen) atoms. The Hall–Kier alpha value is -1.11. The van der Waals surface area contributed by atoms with Gasteiger partial charge >= 0.3 is 0 Å². The van der Waals surface area contributed by atoms with Gasteiger partial charge in [0.1, 0.15) is 0 Å². The van der Waals surface area contributed by atoms with Crippen LogP contribution >= 0.6 is 0 Å². The fraction of sp³-hybridized carbons (Fsp3) is 0.500. The van der Waals surface area contributed by atoms with Gasteiger partial charge in [-0.25, -0.2) is 13.1 Å². The maximum atomic E-state index is 10.9. The molecule has 0 amide bonds. The molecule has 5 nitrogen and oxygen atoms in total. The lowest BCUT2D eigenvalue weighted by Crippen LogP contribution is -2.32. The van der Waals surface area contributed by atoms with Crippen LogP contribution in [-0.2, 0) is 16.4 Å². The van der Waals surface area contributed by atoms with Gasteiger partial charge in [0.25, 0.3) is 0 Å². The number of nitrogens with two attached hydrogens (primary N) is 1. The van der Waals surface area contributed by atoms with Crippen molar-refractivity contribution in [1.29, 1.82) is 0 Å². The highest BCUT2D eigenvalue weighted by Gasteiger charge is 2.03. The molecule has 102 valence electrons. The maximum absolute atomic E-state index is 10.9. The lowest BCUT2D eigenvalue weighted by atomic mass is 10.1. The summed E-state index contributed by atoms with van der Waals surface area (Å²) in [7, 11) is -1.17. The summed E-state index contributed by atoms with van der Waals surface area (Å²) in [5.74, 6) is 0. The van der Waals surface area contributed by atoms with Crippen LogP contribution in [0.5, 0.6) is 0 Å². The van der Waals surface area contributed by atoms with Gasteiger partial charge in [-0.15, -0.1) is 0 Å². The second kappa shape index (κ2) is 6.72. The first-order chi connectivity index (χ1) is 8.42. The molecule has 0 spiro atoms. The van der Waals surface area contributed by atoms with E-state index in [1.54, 1.807) is 0 Å². The van der Waals surface area contributed by atoms with Crippen molar-refractivity contribution in [2.75, 3.05) is 37.8 Å². The van der Waals surface area contributed by atoms with Crippen molar-refractivity contribution >= 4 is 15.7 Å². The number of rotatable bonds is 7. The molecule has 0 atom stereocenters. The average Bonchev–Trinajstić information content (AvgIpc) is 2.28. The van der Waals surface area contributed by atoms with Gasteiger partial charge in [0.2, 0.25) is 10.0 Å². The minimum atomic E-state index is -3.11. The molecular formula is C12H21N3O2S. The summed E-state index contributed by atoms with van der Waals surface area (Å²) in [6.45, 7) is 1.68. The summed E-state index contributed by atoms with van der Waals surface area (Å²) in [4.78, 5) is 2.00. The summed E-state index contributed by atoms with van der Waals surface area (Å²) < 4.78 is 24.3. The maximum Gasteiger partial charge on any atom is 0.208 e. The van der Waals surface area contributed by atoms with E-state index in [0.717, 1.165) is 18.4 Å². The van der Waals surface area contributed by atoms with Crippen LogP contribution in [0.15, 0.2) is 24.3 Å². The third kappa shape index (κ3) is 5.48. The van der Waals surface area contributed by atoms with Crippen LogP contribution < -0.4 is 15.4 Å². The molecule has 0 radical (unpaired) electrons. The zero-order valence-corrected chi connectivity index (χ0v) is 11.7. The number of benzene rings is 1. The highest BCUT2D eigenvalue weighted by Crippen LogP contribution is 2.13. The van der Waals surface area contributed by atoms with Gasteiger partial charge in [0.15, 0.2) is 0 Å². The third-order valence-electron chi connectivity index (χ3n) is 2.62. The molecule has 1 rings (SSSR count). The summed E-state index contributed by atoms with van der Waals surface area (Å²) >= 11 is 0. The first kappa shape index (κ1) is 14.9. The molecular weight excluding hydrogens is 250 g/mol. The van der Waals surface area contributed by atoms with Crippen LogP contribution in [0.1, 0.15) is 5.56 Å². The summed E-state index contributed by atoms with van der Waals surface area (Å²) in [6, 6.07) is 8.13. The van der Waals surface area contributed by atoms with E-state index in [-0.39, 0.29) is 0 Å². The lowest BCUT2D eigenvalue weighted by Gasteiger charge is -2.19. The van der Waals surface area contributed by atoms with E-state index >= 15 is 0 Å². The Bertz CT molecular complexity index is 457. The fourth-order valence-electron chi connectivity index (χ4n) is 1.61. The van der Waals surface area contributed by atoms with Gasteiger partial charge in [-0.1, -0.05) is 12.1 Å². The van der Waals surface area contributed by atoms with E-state index in [2.05, 4.69) is 4.72 Å². The van der Waals surface area contributed by atoms with Gasteiger partial charge in [0.05, 0.1) is 6.26 Å². The van der Waals surface area contributed by atoms with Crippen molar-refractivity contribution in [3.63, 3.8) is 0 Å². The highest BCUT2D eigenvalue weighted by molar-refractivity contribution is 7.88. The van der Waals surface area contributed by atoms with Crippen LogP contribution in [0.4, 0.5) is 5.69 Å². The first-order valence-corrected chi connectivity index (χ1v) is 7.76. The topological polar surface area (TPSA) is 75.4 Å². The molecule has 0 bridgehead atoms. The minimum absolute atomic E-state index is 0.403. The standard InChI is InChI=1S/C12H21N3O2S/c1-15(10-9-14-18(2,16)17)12-5-3-11(4-6-12)7-8-13/h3-6,14H,7-10,13H2,1-2H3. The number of hydrogen-bond donors (Lipinski definition) is 2. The molecule has 0 heterocycles. The number of nitrogens with one attached hydrogen (secondary N) is 1. The van der Waals surface area contributed by atoms with Crippen LogP contribution in [-0.4, -0.2) is 41.4 Å². The quantitative estimate of drug-likeness (QED) is 0.741. The Balaban J connectivity index is 2.48. The molecule has 0 aliphatic rings. The molecule has 1 aromatic carbocycles. The van der Waals surface area contributed by atoms with Crippen molar-refractivity contribution in [1.82, 2.24) is 4.72 Å². The van der Waals surface area contributed by atoms with Crippen molar-refractivity contribution in [2.45, 2.75) is 6.42 Å². The smallest absolute Gasteiger partial charge is 0.208 e. The van der Waals surface area contributed by atoms with Gasteiger partial charge in [-0.05, 0) is 30.7 Å². The molecule has 1 aromatic rings. The normalized spacial score (nSPS) is 11.5. The summed E-state index contributed by atoms with van der Waals surface area (Å²) in [5.41, 5.74) is 7.76.